The number of aliphatic hydroxyl groups excluding tert-OH is 3. The zero-order valence-electron chi connectivity index (χ0n) is 16.9. The number of aliphatic imine (C=N–C) groups is 1. The smallest absolute Gasteiger partial charge is 0.253 e. The number of oxime groups is 1. The number of halogens is 1. The highest BCUT2D eigenvalue weighted by Gasteiger charge is 2.38. The molecule has 1 atom stereocenters. The molecule has 0 radical (unpaired) electrons. The molecule has 9 nitrogen and oxygen atoms in total. The number of ketones is 1. The lowest BCUT2D eigenvalue weighted by molar-refractivity contribution is -0.117. The summed E-state index contributed by atoms with van der Waals surface area (Å²) in [4.78, 5) is 21.0. The maximum atomic E-state index is 11.6. The van der Waals surface area contributed by atoms with Gasteiger partial charge in [-0.1, -0.05) is 16.8 Å². The van der Waals surface area contributed by atoms with Gasteiger partial charge in [0.15, 0.2) is 11.4 Å². The first-order valence-corrected chi connectivity index (χ1v) is 9.69. The Balaban J connectivity index is 2.68. The van der Waals surface area contributed by atoms with Crippen molar-refractivity contribution >= 4 is 30.0 Å². The van der Waals surface area contributed by atoms with Crippen molar-refractivity contribution in [1.29, 1.82) is 0 Å². The van der Waals surface area contributed by atoms with Crippen molar-refractivity contribution in [3.8, 4) is 11.5 Å². The zero-order chi connectivity index (χ0) is 22.3. The summed E-state index contributed by atoms with van der Waals surface area (Å²) in [6, 6.07) is 1.48. The first kappa shape index (κ1) is 23.7. The van der Waals surface area contributed by atoms with Gasteiger partial charge in [0.25, 0.3) is 5.90 Å². The molecule has 10 heteroatoms. The van der Waals surface area contributed by atoms with E-state index in [2.05, 4.69) is 16.9 Å². The van der Waals surface area contributed by atoms with Crippen molar-refractivity contribution in [1.82, 2.24) is 0 Å². The summed E-state index contributed by atoms with van der Waals surface area (Å²) < 4.78 is 11.6. The van der Waals surface area contributed by atoms with Gasteiger partial charge in [-0.15, -0.1) is 0 Å². The lowest BCUT2D eigenvalue weighted by atomic mass is 9.89. The van der Waals surface area contributed by atoms with Crippen LogP contribution in [-0.4, -0.2) is 59.1 Å². The minimum atomic E-state index is -1.26. The predicted octanol–water partition coefficient (Wildman–Crippen LogP) is 2.54. The first-order valence-electron chi connectivity index (χ1n) is 9.32. The van der Waals surface area contributed by atoms with E-state index < -0.39 is 12.2 Å². The Morgan fingerprint density at radius 1 is 1.40 bits per heavy atom. The summed E-state index contributed by atoms with van der Waals surface area (Å²) >= 11 is 6.59. The number of rotatable bonds is 9. The molecule has 0 heterocycles. The van der Waals surface area contributed by atoms with E-state index in [0.29, 0.717) is 6.54 Å². The third-order valence-corrected chi connectivity index (χ3v) is 4.86. The molecule has 0 fully saturated rings. The van der Waals surface area contributed by atoms with E-state index in [0.717, 1.165) is 6.08 Å². The number of hydrogen-bond acceptors (Lipinski definition) is 9. The van der Waals surface area contributed by atoms with E-state index in [9.17, 15) is 15.0 Å². The van der Waals surface area contributed by atoms with Crippen LogP contribution < -0.4 is 9.47 Å². The molecule has 0 bridgehead atoms. The van der Waals surface area contributed by atoms with Crippen molar-refractivity contribution < 1.29 is 34.4 Å². The van der Waals surface area contributed by atoms with Crippen LogP contribution in [0.3, 0.4) is 0 Å². The van der Waals surface area contributed by atoms with E-state index in [-0.39, 0.29) is 71.1 Å². The van der Waals surface area contributed by atoms with Gasteiger partial charge in [0, 0.05) is 32.2 Å². The molecular formula is C20H25ClN2O7. The highest BCUT2D eigenvalue weighted by Crippen LogP contribution is 2.43. The number of benzene rings is 1. The molecule has 3 N–H and O–H groups in total. The third kappa shape index (κ3) is 5.10. The van der Waals surface area contributed by atoms with Crippen molar-refractivity contribution in [2.45, 2.75) is 38.9 Å². The van der Waals surface area contributed by atoms with E-state index in [1.54, 1.807) is 13.8 Å². The summed E-state index contributed by atoms with van der Waals surface area (Å²) in [5.41, 5.74) is -0.802. The van der Waals surface area contributed by atoms with Crippen LogP contribution in [0, 0.1) is 0 Å². The van der Waals surface area contributed by atoms with Crippen molar-refractivity contribution in [3.63, 3.8) is 0 Å². The Morgan fingerprint density at radius 3 is 2.70 bits per heavy atom. The summed E-state index contributed by atoms with van der Waals surface area (Å²) in [5.74, 6) is -0.224. The fraction of sp³-hybridized carbons (Fsp3) is 0.450. The van der Waals surface area contributed by atoms with Crippen molar-refractivity contribution in [2.75, 3.05) is 19.8 Å². The third-order valence-electron chi connectivity index (χ3n) is 4.49. The second-order valence-corrected chi connectivity index (χ2v) is 6.98. The molecule has 1 aromatic rings. The van der Waals surface area contributed by atoms with Crippen LogP contribution in [0.5, 0.6) is 11.5 Å². The quantitative estimate of drug-likeness (QED) is 0.305. The van der Waals surface area contributed by atoms with Gasteiger partial charge in [-0.05, 0) is 19.9 Å². The molecule has 0 spiro atoms. The van der Waals surface area contributed by atoms with Gasteiger partial charge in [0.2, 0.25) is 0 Å². The maximum absolute atomic E-state index is 11.6. The fourth-order valence-electron chi connectivity index (χ4n) is 2.91. The van der Waals surface area contributed by atoms with E-state index in [4.69, 9.17) is 31.0 Å². The lowest BCUT2D eigenvalue weighted by Gasteiger charge is -2.34. The minimum absolute atomic E-state index is 0.0258. The number of nitrogens with zero attached hydrogens (tertiary/aromatic N) is 2. The summed E-state index contributed by atoms with van der Waals surface area (Å²) in [7, 11) is 0. The van der Waals surface area contributed by atoms with Crippen molar-refractivity contribution in [2.24, 2.45) is 10.1 Å². The van der Waals surface area contributed by atoms with Crippen LogP contribution in [0.1, 0.15) is 37.8 Å². The molecule has 0 unspecified atom stereocenters. The molecule has 0 aliphatic heterocycles. The standard InChI is InChI=1S/C20H25ClN2O7/c1-4-23-19(30-22-3)13-10-15(28-8-7-24)14(11-25)18(17(13)21)29-20(2)6-5-12(26)9-16(20)27/h9-10,24-25,27H,3-8,11H2,1-2H3/t20-/m0/s1. The van der Waals surface area contributed by atoms with Crippen LogP contribution in [0.4, 0.5) is 0 Å². The molecular weight excluding hydrogens is 416 g/mol. The van der Waals surface area contributed by atoms with Gasteiger partial charge in [-0.25, -0.2) is 4.99 Å². The Bertz CT molecular complexity index is 869. The largest absolute Gasteiger partial charge is 0.508 e. The monoisotopic (exact) mass is 440 g/mol. The molecule has 1 aromatic carbocycles. The molecule has 2 rings (SSSR count). The van der Waals surface area contributed by atoms with Crippen LogP contribution in [-0.2, 0) is 16.2 Å². The number of allylic oxidation sites excluding steroid dienone is 1. The Labute approximate surface area is 179 Å². The van der Waals surface area contributed by atoms with Crippen LogP contribution in [0.15, 0.2) is 28.0 Å². The number of ether oxygens (including phenoxy) is 2. The van der Waals surface area contributed by atoms with Gasteiger partial charge < -0.3 is 29.6 Å². The maximum Gasteiger partial charge on any atom is 0.253 e. The Kier molecular flexibility index (Phi) is 8.22. The molecule has 1 aliphatic carbocycles. The minimum Gasteiger partial charge on any atom is -0.508 e. The molecule has 0 saturated heterocycles. The van der Waals surface area contributed by atoms with Crippen LogP contribution >= 0.6 is 11.6 Å². The van der Waals surface area contributed by atoms with Gasteiger partial charge in [0.1, 0.15) is 23.9 Å². The highest BCUT2D eigenvalue weighted by molar-refractivity contribution is 6.35. The average Bonchev–Trinajstić information content (AvgIpc) is 2.71. The van der Waals surface area contributed by atoms with E-state index >= 15 is 0 Å². The number of aliphatic hydroxyl groups is 3. The van der Waals surface area contributed by atoms with Crippen LogP contribution in [0.2, 0.25) is 5.02 Å². The molecule has 0 amide bonds. The summed E-state index contributed by atoms with van der Waals surface area (Å²) in [6.45, 7) is 6.21. The first-order chi connectivity index (χ1) is 14.3. The number of hydrogen-bond donors (Lipinski definition) is 3. The Hall–Kier alpha value is -2.62. The molecule has 0 aromatic heterocycles. The van der Waals surface area contributed by atoms with Gasteiger partial charge in [-0.3, -0.25) is 4.79 Å². The normalized spacial score (nSPS) is 19.3. The Morgan fingerprint density at radius 2 is 2.13 bits per heavy atom. The second kappa shape index (κ2) is 10.4. The van der Waals surface area contributed by atoms with Crippen molar-refractivity contribution in [3.05, 3.63) is 34.1 Å². The molecule has 1 aliphatic rings. The average molecular weight is 441 g/mol. The number of carbonyl (C=O) groups excluding carboxylic acids is 1. The SMILES string of the molecule is C=NOC(=NCC)c1cc(OCCO)c(CO)c(O[C@@]2(C)CCC(=O)C=C2O)c1Cl. The second-order valence-electron chi connectivity index (χ2n) is 6.60. The van der Waals surface area contributed by atoms with Gasteiger partial charge in [0.05, 0.1) is 29.4 Å². The lowest BCUT2D eigenvalue weighted by Crippen LogP contribution is -2.38. The van der Waals surface area contributed by atoms with Gasteiger partial charge >= 0.3 is 0 Å². The van der Waals surface area contributed by atoms with E-state index in [1.807, 2.05) is 0 Å². The van der Waals surface area contributed by atoms with Crippen LogP contribution in [0.25, 0.3) is 0 Å². The molecule has 30 heavy (non-hydrogen) atoms. The predicted molar refractivity (Wildman–Crippen MR) is 112 cm³/mol. The fourth-order valence-corrected chi connectivity index (χ4v) is 3.20. The summed E-state index contributed by atoms with van der Waals surface area (Å²) in [6.07, 6.45) is 1.48. The highest BCUT2D eigenvalue weighted by atomic mass is 35.5. The number of carbonyl (C=O) groups is 1. The molecule has 0 saturated carbocycles. The molecule has 164 valence electrons. The van der Waals surface area contributed by atoms with E-state index in [1.165, 1.54) is 6.07 Å². The zero-order valence-corrected chi connectivity index (χ0v) is 17.6. The topological polar surface area (TPSA) is 130 Å². The van der Waals surface area contributed by atoms with Gasteiger partial charge in [-0.2, -0.15) is 0 Å². The summed E-state index contributed by atoms with van der Waals surface area (Å²) in [5, 5.41) is 32.9.